The molecule has 2 aromatic carbocycles. The summed E-state index contributed by atoms with van der Waals surface area (Å²) < 4.78 is 30.9. The van der Waals surface area contributed by atoms with Gasteiger partial charge in [-0.3, -0.25) is 4.79 Å². The Morgan fingerprint density at radius 3 is 2.52 bits per heavy atom. The molecule has 1 heterocycles. The third-order valence-electron chi connectivity index (χ3n) is 4.15. The highest BCUT2D eigenvalue weighted by atomic mass is 32.2. The number of carbonyl (C=O) groups excluding carboxylic acids is 2. The number of hydrogen-bond donors (Lipinski definition) is 0. The third-order valence-corrected chi connectivity index (χ3v) is 6.31. The van der Waals surface area contributed by atoms with Crippen LogP contribution in [0.3, 0.4) is 0 Å². The van der Waals surface area contributed by atoms with E-state index in [0.717, 1.165) is 11.8 Å². The Morgan fingerprint density at radius 2 is 1.90 bits per heavy atom. The summed E-state index contributed by atoms with van der Waals surface area (Å²) in [6.45, 7) is 4.10. The summed E-state index contributed by atoms with van der Waals surface area (Å²) in [5.74, 6) is -1.23. The minimum absolute atomic E-state index is 0.124. The first-order valence-corrected chi connectivity index (χ1v) is 11.2. The van der Waals surface area contributed by atoms with Crippen LogP contribution in [0.15, 0.2) is 65.0 Å². The van der Waals surface area contributed by atoms with Crippen LogP contribution in [0.2, 0.25) is 0 Å². The van der Waals surface area contributed by atoms with Crippen molar-refractivity contribution in [1.82, 2.24) is 4.57 Å². The molecular formula is C20H18N2O5S2. The lowest BCUT2D eigenvalue weighted by molar-refractivity contribution is 0.0597. The second kappa shape index (κ2) is 8.14. The number of hydrogen-bond acceptors (Lipinski definition) is 6. The zero-order valence-electron chi connectivity index (χ0n) is 15.8. The van der Waals surface area contributed by atoms with Gasteiger partial charge in [0.15, 0.2) is 14.6 Å². The van der Waals surface area contributed by atoms with Crippen LogP contribution in [0.5, 0.6) is 0 Å². The van der Waals surface area contributed by atoms with Gasteiger partial charge in [-0.15, -0.1) is 6.58 Å². The maximum atomic E-state index is 12.8. The number of nitrogens with zero attached hydrogens (tertiary/aromatic N) is 2. The first-order chi connectivity index (χ1) is 13.8. The van der Waals surface area contributed by atoms with Gasteiger partial charge in [0.05, 0.1) is 33.3 Å². The molecule has 0 spiro atoms. The van der Waals surface area contributed by atoms with E-state index in [0.29, 0.717) is 16.0 Å². The van der Waals surface area contributed by atoms with Crippen molar-refractivity contribution in [2.24, 2.45) is 4.99 Å². The van der Waals surface area contributed by atoms with Gasteiger partial charge in [-0.1, -0.05) is 29.5 Å². The number of esters is 1. The number of amides is 1. The molecule has 9 heteroatoms. The van der Waals surface area contributed by atoms with Crippen molar-refractivity contribution < 1.29 is 22.7 Å². The number of allylic oxidation sites excluding steroid dienone is 1. The number of fused-ring (bicyclic) bond motifs is 1. The number of aromatic nitrogens is 1. The Balaban J connectivity index is 2.20. The second-order valence-corrected chi connectivity index (χ2v) is 9.16. The number of carbonyl (C=O) groups is 2. The molecule has 1 amide bonds. The first kappa shape index (κ1) is 20.7. The average Bonchev–Trinajstić information content (AvgIpc) is 3.03. The summed E-state index contributed by atoms with van der Waals surface area (Å²) in [5, 5.41) is 0. The Bertz CT molecular complexity index is 1300. The van der Waals surface area contributed by atoms with E-state index in [1.54, 1.807) is 34.9 Å². The highest BCUT2D eigenvalue weighted by Crippen LogP contribution is 2.22. The molecule has 0 aliphatic heterocycles. The Morgan fingerprint density at radius 1 is 1.21 bits per heavy atom. The fourth-order valence-electron chi connectivity index (χ4n) is 2.78. The van der Waals surface area contributed by atoms with Crippen molar-refractivity contribution >= 4 is 43.3 Å². The molecule has 0 atom stereocenters. The predicted molar refractivity (Wildman–Crippen MR) is 111 cm³/mol. The fraction of sp³-hybridized carbons (Fsp3) is 0.150. The van der Waals surface area contributed by atoms with Crippen molar-refractivity contribution in [1.29, 1.82) is 0 Å². The molecule has 0 N–H and O–H groups in total. The third kappa shape index (κ3) is 4.20. The van der Waals surface area contributed by atoms with Crippen LogP contribution in [0, 0.1) is 0 Å². The van der Waals surface area contributed by atoms with E-state index < -0.39 is 21.7 Å². The van der Waals surface area contributed by atoms with Gasteiger partial charge in [0, 0.05) is 12.8 Å². The number of rotatable bonds is 5. The second-order valence-electron chi connectivity index (χ2n) is 6.14. The molecule has 7 nitrogen and oxygen atoms in total. The molecule has 3 aromatic rings. The van der Waals surface area contributed by atoms with E-state index >= 15 is 0 Å². The molecule has 0 aliphatic rings. The van der Waals surface area contributed by atoms with Crippen molar-refractivity contribution in [2.75, 3.05) is 13.4 Å². The molecule has 0 saturated heterocycles. The highest BCUT2D eigenvalue weighted by Gasteiger charge is 2.18. The molecule has 3 rings (SSSR count). The molecule has 0 fully saturated rings. The van der Waals surface area contributed by atoms with Crippen molar-refractivity contribution in [2.45, 2.75) is 11.4 Å². The zero-order chi connectivity index (χ0) is 21.2. The van der Waals surface area contributed by atoms with E-state index in [1.165, 1.54) is 36.6 Å². The van der Waals surface area contributed by atoms with Crippen LogP contribution in [0.4, 0.5) is 0 Å². The molecule has 0 bridgehead atoms. The number of thiazole rings is 1. The van der Waals surface area contributed by atoms with Gasteiger partial charge in [0.1, 0.15) is 0 Å². The van der Waals surface area contributed by atoms with Crippen LogP contribution in [-0.4, -0.2) is 38.2 Å². The summed E-state index contributed by atoms with van der Waals surface area (Å²) in [7, 11) is -2.13. The molecule has 0 aliphatic carbocycles. The predicted octanol–water partition coefficient (Wildman–Crippen LogP) is 2.82. The minimum atomic E-state index is -3.37. The summed E-state index contributed by atoms with van der Waals surface area (Å²) >= 11 is 1.18. The van der Waals surface area contributed by atoms with Crippen LogP contribution in [-0.2, 0) is 21.1 Å². The first-order valence-electron chi connectivity index (χ1n) is 8.47. The average molecular weight is 431 g/mol. The van der Waals surface area contributed by atoms with Crippen LogP contribution in [0.1, 0.15) is 20.7 Å². The summed E-state index contributed by atoms with van der Waals surface area (Å²) in [6, 6.07) is 11.0. The van der Waals surface area contributed by atoms with Gasteiger partial charge in [-0.05, 0) is 30.3 Å². The standard InChI is InChI=1S/C20H18N2O5S2/c1-4-11-22-16-10-9-13(29(3,25)26)12-17(16)28-20(22)21-18(23)14-7-5-6-8-15(14)19(24)27-2/h4-10,12H,1,11H2,2-3H3. The summed E-state index contributed by atoms with van der Waals surface area (Å²) in [4.78, 5) is 29.5. The van der Waals surface area contributed by atoms with Crippen LogP contribution in [0.25, 0.3) is 10.2 Å². The van der Waals surface area contributed by atoms with E-state index in [1.807, 2.05) is 0 Å². The maximum absolute atomic E-state index is 12.8. The maximum Gasteiger partial charge on any atom is 0.338 e. The summed E-state index contributed by atoms with van der Waals surface area (Å²) in [5.41, 5.74) is 0.980. The molecule has 0 unspecified atom stereocenters. The monoisotopic (exact) mass is 430 g/mol. The van der Waals surface area contributed by atoms with Crippen molar-refractivity contribution in [3.05, 3.63) is 71.0 Å². The Kier molecular flexibility index (Phi) is 5.81. The number of methoxy groups -OCH3 is 1. The highest BCUT2D eigenvalue weighted by molar-refractivity contribution is 7.90. The van der Waals surface area contributed by atoms with Gasteiger partial charge in [-0.25, -0.2) is 13.2 Å². The summed E-state index contributed by atoms with van der Waals surface area (Å²) in [6.07, 6.45) is 2.79. The van der Waals surface area contributed by atoms with E-state index in [2.05, 4.69) is 11.6 Å². The molecule has 29 heavy (non-hydrogen) atoms. The lowest BCUT2D eigenvalue weighted by Crippen LogP contribution is -2.17. The van der Waals surface area contributed by atoms with Crippen LogP contribution < -0.4 is 4.80 Å². The van der Waals surface area contributed by atoms with Crippen molar-refractivity contribution in [3.8, 4) is 0 Å². The Labute approximate surface area is 171 Å². The van der Waals surface area contributed by atoms with Gasteiger partial charge in [0.2, 0.25) is 0 Å². The van der Waals surface area contributed by atoms with Gasteiger partial charge in [0.25, 0.3) is 5.91 Å². The van der Waals surface area contributed by atoms with Gasteiger partial charge < -0.3 is 9.30 Å². The topological polar surface area (TPSA) is 94.8 Å². The van der Waals surface area contributed by atoms with Crippen molar-refractivity contribution in [3.63, 3.8) is 0 Å². The van der Waals surface area contributed by atoms with Crippen LogP contribution >= 0.6 is 11.3 Å². The molecule has 150 valence electrons. The lowest BCUT2D eigenvalue weighted by Gasteiger charge is -2.04. The SMILES string of the molecule is C=CCn1c(=NC(=O)c2ccccc2C(=O)OC)sc2cc(S(C)(=O)=O)ccc21. The largest absolute Gasteiger partial charge is 0.465 e. The normalized spacial score (nSPS) is 12.1. The molecule has 1 aromatic heterocycles. The minimum Gasteiger partial charge on any atom is -0.465 e. The molecule has 0 saturated carbocycles. The van der Waals surface area contributed by atoms with E-state index in [9.17, 15) is 18.0 Å². The zero-order valence-corrected chi connectivity index (χ0v) is 17.4. The molecule has 0 radical (unpaired) electrons. The lowest BCUT2D eigenvalue weighted by atomic mass is 10.1. The number of benzene rings is 2. The number of sulfone groups is 1. The van der Waals surface area contributed by atoms with Gasteiger partial charge >= 0.3 is 5.97 Å². The fourth-order valence-corrected chi connectivity index (χ4v) is 4.58. The quantitative estimate of drug-likeness (QED) is 0.458. The van der Waals surface area contributed by atoms with E-state index in [-0.39, 0.29) is 16.0 Å². The van der Waals surface area contributed by atoms with Gasteiger partial charge in [-0.2, -0.15) is 4.99 Å². The Hall–Kier alpha value is -3.04. The van der Waals surface area contributed by atoms with E-state index in [4.69, 9.17) is 4.74 Å². The molecular weight excluding hydrogens is 412 g/mol. The smallest absolute Gasteiger partial charge is 0.338 e. The number of ether oxygens (including phenoxy) is 1.